The molecule has 0 unspecified atom stereocenters. The second-order valence-corrected chi connectivity index (χ2v) is 27.0. The maximum Gasteiger partial charge on any atom is 0.410 e. The Labute approximate surface area is 541 Å². The Hall–Kier alpha value is -8.62. The van der Waals surface area contributed by atoms with Gasteiger partial charge in [-0.1, -0.05) is 146 Å². The molecular weight excluding hydrogens is 1160 g/mol. The van der Waals surface area contributed by atoms with Gasteiger partial charge in [-0.25, -0.2) is 9.59 Å². The van der Waals surface area contributed by atoms with E-state index in [0.717, 1.165) is 33.4 Å². The predicted octanol–water partition coefficient (Wildman–Crippen LogP) is 8.11. The maximum absolute atomic E-state index is 15.2. The molecule has 0 aromatic heterocycles. The number of ether oxygens (including phenoxy) is 2. The van der Waals surface area contributed by atoms with E-state index < -0.39 is 83.5 Å². The highest BCUT2D eigenvalue weighted by atomic mass is 16.6. The second-order valence-electron chi connectivity index (χ2n) is 27.0. The van der Waals surface area contributed by atoms with Crippen LogP contribution in [0.3, 0.4) is 0 Å². The van der Waals surface area contributed by atoms with Gasteiger partial charge in [0.2, 0.25) is 35.4 Å². The van der Waals surface area contributed by atoms with Crippen LogP contribution in [0.25, 0.3) is 0 Å². The third kappa shape index (κ3) is 17.1. The van der Waals surface area contributed by atoms with Gasteiger partial charge in [-0.05, 0) is 127 Å². The van der Waals surface area contributed by atoms with Gasteiger partial charge in [0.25, 0.3) is 0 Å². The Morgan fingerprint density at radius 2 is 0.772 bits per heavy atom. The van der Waals surface area contributed by atoms with Crippen molar-refractivity contribution in [2.24, 2.45) is 0 Å². The van der Waals surface area contributed by atoms with Crippen LogP contribution >= 0.6 is 0 Å². The van der Waals surface area contributed by atoms with Crippen LogP contribution in [0.15, 0.2) is 146 Å². The molecule has 490 valence electrons. The zero-order valence-corrected chi connectivity index (χ0v) is 54.9. The van der Waals surface area contributed by atoms with Crippen molar-refractivity contribution in [1.82, 2.24) is 50.7 Å². The van der Waals surface area contributed by atoms with Crippen LogP contribution in [-0.4, -0.2) is 177 Å². The second kappa shape index (κ2) is 29.8. The smallest absolute Gasteiger partial charge is 0.410 e. The van der Waals surface area contributed by atoms with E-state index in [1.54, 1.807) is 65.2 Å². The minimum atomic E-state index is -1.09. The standard InChI is InChI=1S/C72H92N10O10/c1-47(77(9)69(89)91-71(3,4)5)63(83)73-57-45-79(41-39-55-35-37-59(81(55)67(57)87)65(85)75-61(51-23-15-11-16-24-51)52-25-17-12-18-26-52)43-49-31-33-50(34-32-49)44-80-42-40-56-36-38-60(66(86)76-62(53-27-19-13-20-28-53)54-29-21-14-22-30-54)82(56)68(88)58(46-80)74-64(84)48(2)78(10)70(90)92-72(6,7)8/h11-34,47-48,55-62H,35-46H2,1-10H3,(H,73,83)(H,74,84)(H,75,85)(H,76,86)/t47-,48-,55+,56+,57-,58-,59-,60-/m0/s1. The average Bonchev–Trinajstić information content (AvgIpc) is 1.60. The van der Waals surface area contributed by atoms with E-state index in [9.17, 15) is 28.8 Å². The maximum atomic E-state index is 15.2. The van der Waals surface area contributed by atoms with E-state index in [2.05, 4.69) is 31.1 Å². The Morgan fingerprint density at radius 3 is 1.07 bits per heavy atom. The first-order valence-corrected chi connectivity index (χ1v) is 32.3. The third-order valence-corrected chi connectivity index (χ3v) is 18.0. The number of hydrogen-bond donors (Lipinski definition) is 4. The highest BCUT2D eigenvalue weighted by Crippen LogP contribution is 2.34. The summed E-state index contributed by atoms with van der Waals surface area (Å²) < 4.78 is 11.2. The van der Waals surface area contributed by atoms with Gasteiger partial charge in [-0.3, -0.25) is 48.4 Å². The van der Waals surface area contributed by atoms with Crippen LogP contribution in [-0.2, 0) is 51.3 Å². The van der Waals surface area contributed by atoms with Crippen LogP contribution in [0.4, 0.5) is 9.59 Å². The lowest BCUT2D eigenvalue weighted by molar-refractivity contribution is -0.145. The van der Waals surface area contributed by atoms with Crippen molar-refractivity contribution in [3.8, 4) is 0 Å². The predicted molar refractivity (Wildman–Crippen MR) is 350 cm³/mol. The van der Waals surface area contributed by atoms with Crippen LogP contribution in [0, 0.1) is 0 Å². The number of carbonyl (C=O) groups excluding carboxylic acids is 8. The fourth-order valence-electron chi connectivity index (χ4n) is 12.9. The van der Waals surface area contributed by atoms with Crippen molar-refractivity contribution in [3.63, 3.8) is 0 Å². The summed E-state index contributed by atoms with van der Waals surface area (Å²) in [7, 11) is 2.97. The number of rotatable bonds is 18. The highest BCUT2D eigenvalue weighted by molar-refractivity contribution is 5.96. The molecule has 4 fully saturated rings. The molecule has 20 nitrogen and oxygen atoms in total. The molecule has 92 heavy (non-hydrogen) atoms. The molecule has 0 saturated carbocycles. The zero-order chi connectivity index (χ0) is 66.0. The topological polar surface area (TPSA) is 223 Å². The van der Waals surface area contributed by atoms with Gasteiger partial charge in [0.15, 0.2) is 0 Å². The van der Waals surface area contributed by atoms with Gasteiger partial charge in [0, 0.05) is 65.4 Å². The van der Waals surface area contributed by atoms with Gasteiger partial charge >= 0.3 is 12.2 Å². The SMILES string of the molecule is C[C@@H](C(=O)N[C@H]1CN(Cc2ccc(CN3CC[C@H]4CC[C@@H](C(=O)NC(c5ccccc5)c5ccccc5)N4C(=O)[C@@H](NC(=O)[C@H](C)N(C)C(=O)OC(C)(C)C)C3)cc2)CC[C@H]2CC[C@@H](C(=O)NC(c3ccccc3)c3ccccc3)N2C1=O)N(C)C(=O)OC(C)(C)C. The van der Waals surface area contributed by atoms with Crippen molar-refractivity contribution < 1.29 is 47.8 Å². The summed E-state index contributed by atoms with van der Waals surface area (Å²) in [6.07, 6.45) is 1.82. The molecule has 0 aliphatic carbocycles. The molecule has 5 aromatic rings. The van der Waals surface area contributed by atoms with Gasteiger partial charge in [0.05, 0.1) is 12.1 Å². The molecule has 0 bridgehead atoms. The molecule has 4 aliphatic heterocycles. The lowest BCUT2D eigenvalue weighted by Crippen LogP contribution is -2.62. The fourth-order valence-corrected chi connectivity index (χ4v) is 12.9. The summed E-state index contributed by atoms with van der Waals surface area (Å²) >= 11 is 0. The summed E-state index contributed by atoms with van der Waals surface area (Å²) in [5, 5.41) is 12.6. The van der Waals surface area contributed by atoms with E-state index in [-0.39, 0.29) is 48.8 Å². The minimum Gasteiger partial charge on any atom is -0.444 e. The normalized spacial score (nSPS) is 21.3. The number of nitrogens with one attached hydrogen (secondary N) is 4. The number of amides is 8. The summed E-state index contributed by atoms with van der Waals surface area (Å²) in [6, 6.07) is 39.6. The minimum absolute atomic E-state index is 0.117. The van der Waals surface area contributed by atoms with Gasteiger partial charge in [0.1, 0.15) is 47.5 Å². The number of benzene rings is 5. The quantitative estimate of drug-likeness (QED) is 0.0654. The largest absolute Gasteiger partial charge is 0.444 e. The van der Waals surface area contributed by atoms with Crippen LogP contribution < -0.4 is 21.3 Å². The van der Waals surface area contributed by atoms with E-state index in [4.69, 9.17) is 9.47 Å². The lowest BCUT2D eigenvalue weighted by atomic mass is 9.98. The number of nitrogens with zero attached hydrogens (tertiary/aromatic N) is 6. The monoisotopic (exact) mass is 1260 g/mol. The van der Waals surface area contributed by atoms with Gasteiger partial charge < -0.3 is 40.5 Å². The Morgan fingerprint density at radius 1 is 0.467 bits per heavy atom. The van der Waals surface area contributed by atoms with E-state index in [1.165, 1.54) is 23.9 Å². The van der Waals surface area contributed by atoms with Crippen molar-refractivity contribution in [1.29, 1.82) is 0 Å². The average molecular weight is 1260 g/mol. The Balaban J connectivity index is 0.924. The zero-order valence-electron chi connectivity index (χ0n) is 54.9. The molecule has 4 heterocycles. The van der Waals surface area contributed by atoms with Crippen LogP contribution in [0.1, 0.15) is 139 Å². The highest BCUT2D eigenvalue weighted by Gasteiger charge is 2.48. The lowest BCUT2D eigenvalue weighted by Gasteiger charge is -2.39. The fraction of sp³-hybridized carbons (Fsp3) is 0.472. The third-order valence-electron chi connectivity index (χ3n) is 18.0. The van der Waals surface area contributed by atoms with Crippen molar-refractivity contribution in [2.75, 3.05) is 40.3 Å². The number of likely N-dealkylation sites (N-methyl/N-ethyl adjacent to an activating group) is 2. The summed E-state index contributed by atoms with van der Waals surface area (Å²) in [4.78, 5) is 125. The summed E-state index contributed by atoms with van der Waals surface area (Å²) in [5.74, 6) is -2.44. The van der Waals surface area contributed by atoms with E-state index in [0.29, 0.717) is 64.7 Å². The Kier molecular flexibility index (Phi) is 21.9. The molecule has 8 atom stereocenters. The first kappa shape index (κ1) is 67.8. The van der Waals surface area contributed by atoms with E-state index >= 15 is 9.59 Å². The Bertz CT molecular complexity index is 3060. The van der Waals surface area contributed by atoms with Crippen molar-refractivity contribution in [2.45, 2.75) is 179 Å². The van der Waals surface area contributed by atoms with E-state index in [1.807, 2.05) is 146 Å². The number of fused-ring (bicyclic) bond motifs is 2. The van der Waals surface area contributed by atoms with Gasteiger partial charge in [-0.15, -0.1) is 0 Å². The van der Waals surface area contributed by atoms with Crippen LogP contribution in [0.5, 0.6) is 0 Å². The van der Waals surface area contributed by atoms with Gasteiger partial charge in [-0.2, -0.15) is 0 Å². The molecular formula is C72H92N10O10. The van der Waals surface area contributed by atoms with Crippen molar-refractivity contribution in [3.05, 3.63) is 179 Å². The molecule has 5 aromatic carbocycles. The molecule has 0 radical (unpaired) electrons. The molecule has 9 rings (SSSR count). The summed E-state index contributed by atoms with van der Waals surface area (Å²) in [6.45, 7) is 15.8. The number of hydrogen-bond acceptors (Lipinski definition) is 12. The first-order chi connectivity index (χ1) is 43.8. The molecule has 4 N–H and O–H groups in total. The molecule has 4 saturated heterocycles. The summed E-state index contributed by atoms with van der Waals surface area (Å²) in [5.41, 5.74) is 3.86. The first-order valence-electron chi connectivity index (χ1n) is 32.3. The molecule has 20 heteroatoms. The number of carbonyl (C=O) groups is 8. The molecule has 4 aliphatic rings. The molecule has 8 amide bonds. The molecule has 0 spiro atoms. The van der Waals surface area contributed by atoms with Crippen LogP contribution in [0.2, 0.25) is 0 Å². The van der Waals surface area contributed by atoms with Crippen molar-refractivity contribution >= 4 is 47.6 Å².